The molecule has 3 amide bonds. The number of aliphatic imine (C=N–C) groups is 2. The smallest absolute Gasteiger partial charge is 0.221 e. The lowest BCUT2D eigenvalue weighted by atomic mass is 10.00. The molecular weight excluding hydrogens is 947 g/mol. The molecule has 0 atom stereocenters. The number of hydrogen-bond acceptors (Lipinski definition) is 13. The number of methoxy groups -OCH3 is 2. The number of nitrogens with two attached hydrogens (primary N) is 2. The minimum atomic E-state index is -0.0988. The lowest BCUT2D eigenvalue weighted by molar-refractivity contribution is -0.121. The number of fused-ring (bicyclic) bond motifs is 6. The zero-order chi connectivity index (χ0) is 51.5. The third kappa shape index (κ3) is 16.6. The van der Waals surface area contributed by atoms with Gasteiger partial charge in [-0.1, -0.05) is 54.4 Å². The highest BCUT2D eigenvalue weighted by atomic mass is 35.5. The van der Waals surface area contributed by atoms with Crippen LogP contribution in [0.3, 0.4) is 0 Å². The minimum Gasteiger partial charge on any atom is -0.497 e. The van der Waals surface area contributed by atoms with Crippen LogP contribution in [-0.2, 0) is 32.3 Å². The van der Waals surface area contributed by atoms with Crippen LogP contribution in [0.2, 0.25) is 10.0 Å². The van der Waals surface area contributed by atoms with Crippen molar-refractivity contribution >= 4 is 71.2 Å². The summed E-state index contributed by atoms with van der Waals surface area (Å²) in [6.07, 6.45) is 3.02. The first-order valence-corrected chi connectivity index (χ1v) is 22.6. The molecule has 2 aliphatic rings. The predicted molar refractivity (Wildman–Crippen MR) is 273 cm³/mol. The summed E-state index contributed by atoms with van der Waals surface area (Å²) in [7, 11) is 4.82. The first-order chi connectivity index (χ1) is 33.4. The molecule has 0 fully saturated rings. The van der Waals surface area contributed by atoms with E-state index in [0.717, 1.165) is 86.3 Å². The third-order valence-corrected chi connectivity index (χ3v) is 9.98. The molecule has 6 N–H and O–H groups in total. The van der Waals surface area contributed by atoms with Crippen molar-refractivity contribution < 1.29 is 28.7 Å². The molecule has 21 heteroatoms. The highest BCUT2D eigenvalue weighted by Gasteiger charge is 2.24. The number of benzene rings is 4. The van der Waals surface area contributed by atoms with Gasteiger partial charge in [0.05, 0.1) is 37.0 Å². The first kappa shape index (κ1) is 58.1. The van der Waals surface area contributed by atoms with Gasteiger partial charge in [-0.3, -0.25) is 33.5 Å². The molecular formula is C48H59Cl3N12O6. The van der Waals surface area contributed by atoms with E-state index in [1.54, 1.807) is 14.2 Å². The topological polar surface area (TPSA) is 249 Å². The maximum Gasteiger partial charge on any atom is 0.221 e. The molecule has 18 nitrogen and oxygen atoms in total. The summed E-state index contributed by atoms with van der Waals surface area (Å²) in [4.78, 5) is 47.5. The molecule has 368 valence electrons. The van der Waals surface area contributed by atoms with E-state index >= 15 is 0 Å². The quantitative estimate of drug-likeness (QED) is 0.0892. The van der Waals surface area contributed by atoms with Crippen LogP contribution in [-0.4, -0.2) is 107 Å². The van der Waals surface area contributed by atoms with E-state index in [2.05, 4.69) is 54.1 Å². The van der Waals surface area contributed by atoms with Crippen molar-refractivity contribution in [2.24, 2.45) is 21.5 Å². The van der Waals surface area contributed by atoms with Gasteiger partial charge in [0.1, 0.15) is 43.0 Å². The average molecular weight is 1010 g/mol. The predicted octanol–water partition coefficient (Wildman–Crippen LogP) is 6.56. The van der Waals surface area contributed by atoms with Crippen molar-refractivity contribution in [2.45, 2.75) is 53.6 Å². The number of carbonyl (C=O) groups is 4. The molecule has 4 heterocycles. The molecule has 0 saturated carbocycles. The number of nitrogens with zero attached hydrogens (tertiary/aromatic N) is 8. The lowest BCUT2D eigenvalue weighted by Gasteiger charge is -2.14. The Bertz CT molecular complexity index is 2460. The fraction of sp³-hybridized carbons (Fsp3) is 0.292. The number of ether oxygens (including phenoxy) is 2. The van der Waals surface area contributed by atoms with Crippen molar-refractivity contribution in [1.29, 1.82) is 0 Å². The second-order valence-electron chi connectivity index (χ2n) is 13.8. The van der Waals surface area contributed by atoms with Gasteiger partial charge in [-0.15, -0.1) is 32.0 Å². The summed E-state index contributed by atoms with van der Waals surface area (Å²) in [6.45, 7) is 11.4. The van der Waals surface area contributed by atoms with Gasteiger partial charge < -0.3 is 36.4 Å². The van der Waals surface area contributed by atoms with Gasteiger partial charge in [-0.2, -0.15) is 0 Å². The number of carbonyl (C=O) groups excluding carboxylic acids is 4. The van der Waals surface area contributed by atoms with Crippen LogP contribution in [0.1, 0.15) is 72.2 Å². The summed E-state index contributed by atoms with van der Waals surface area (Å²) >= 11 is 16.7. The molecule has 2 aliphatic heterocycles. The zero-order valence-corrected chi connectivity index (χ0v) is 42.2. The number of aryl methyl sites for hydroxylation is 2. The van der Waals surface area contributed by atoms with E-state index in [1.807, 2.05) is 122 Å². The number of rotatable bonds is 9. The molecule has 6 aromatic rings. The van der Waals surface area contributed by atoms with Crippen LogP contribution < -0.4 is 31.6 Å². The van der Waals surface area contributed by atoms with E-state index in [-0.39, 0.29) is 18.2 Å². The van der Waals surface area contributed by atoms with Crippen molar-refractivity contribution in [2.75, 3.05) is 40.7 Å². The fourth-order valence-corrected chi connectivity index (χ4v) is 6.83. The van der Waals surface area contributed by atoms with Crippen molar-refractivity contribution in [3.8, 4) is 22.9 Å². The highest BCUT2D eigenvalue weighted by molar-refractivity contribution is 6.31. The Morgan fingerprint density at radius 3 is 1.43 bits per heavy atom. The van der Waals surface area contributed by atoms with Gasteiger partial charge in [0, 0.05) is 65.1 Å². The Morgan fingerprint density at radius 1 is 0.696 bits per heavy atom. The fourth-order valence-electron chi connectivity index (χ4n) is 6.58. The number of hydrogen-bond donors (Lipinski definition) is 4. The van der Waals surface area contributed by atoms with Crippen LogP contribution in [0.15, 0.2) is 94.9 Å². The number of aromatic nitrogens is 6. The Balaban J connectivity index is 0.000000343. The number of halogens is 3. The summed E-state index contributed by atoms with van der Waals surface area (Å²) in [5, 5.41) is 23.5. The largest absolute Gasteiger partial charge is 0.497 e. The summed E-state index contributed by atoms with van der Waals surface area (Å²) in [5.41, 5.74) is 16.4. The van der Waals surface area contributed by atoms with E-state index in [0.29, 0.717) is 42.6 Å². The minimum absolute atomic E-state index is 0.00870. The second-order valence-corrected chi connectivity index (χ2v) is 14.7. The van der Waals surface area contributed by atoms with Crippen LogP contribution >= 0.6 is 34.8 Å². The molecule has 0 radical (unpaired) electrons. The Morgan fingerprint density at radius 2 is 1.09 bits per heavy atom. The molecule has 0 aliphatic carbocycles. The van der Waals surface area contributed by atoms with Crippen molar-refractivity contribution in [1.82, 2.24) is 40.2 Å². The first-order valence-electron chi connectivity index (χ1n) is 21.1. The van der Waals surface area contributed by atoms with Gasteiger partial charge in [0.2, 0.25) is 18.2 Å². The van der Waals surface area contributed by atoms with E-state index in [4.69, 9.17) is 52.2 Å². The molecule has 0 unspecified atom stereocenters. The van der Waals surface area contributed by atoms with Gasteiger partial charge in [0.25, 0.3) is 0 Å². The SMILES string of the molecule is C=O.CCCNC(=O)CCNC(C)=O.CCl.CN.COc1ccc2c(c1)C(c1ccc(Cl)cc1)=NCc1nnc(C)n1-2.COc1ccc2c(c1)C(c1ccc(Cl)cc1)=NCc1nnc(C)n1-2.NC=O. The number of nitrogens with one attached hydrogen (secondary N) is 2. The van der Waals surface area contributed by atoms with Gasteiger partial charge in [-0.05, 0) is 88.0 Å². The van der Waals surface area contributed by atoms with E-state index < -0.39 is 0 Å². The van der Waals surface area contributed by atoms with Crippen LogP contribution in [0.25, 0.3) is 11.4 Å². The van der Waals surface area contributed by atoms with Crippen molar-refractivity contribution in [3.63, 3.8) is 0 Å². The Labute approximate surface area is 417 Å². The summed E-state index contributed by atoms with van der Waals surface area (Å²) in [5.74, 6) is 4.77. The van der Waals surface area contributed by atoms with Crippen LogP contribution in [0.5, 0.6) is 11.5 Å². The molecule has 69 heavy (non-hydrogen) atoms. The van der Waals surface area contributed by atoms with Crippen LogP contribution in [0.4, 0.5) is 0 Å². The van der Waals surface area contributed by atoms with E-state index in [9.17, 15) is 9.59 Å². The normalized spacial score (nSPS) is 11.0. The third-order valence-electron chi connectivity index (χ3n) is 9.47. The zero-order valence-electron chi connectivity index (χ0n) is 39.9. The van der Waals surface area contributed by atoms with Gasteiger partial charge in [0.15, 0.2) is 11.6 Å². The van der Waals surface area contributed by atoms with E-state index in [1.165, 1.54) is 20.4 Å². The number of alkyl halides is 1. The van der Waals surface area contributed by atoms with Gasteiger partial charge in [-0.25, -0.2) is 0 Å². The van der Waals surface area contributed by atoms with Gasteiger partial charge >= 0.3 is 0 Å². The molecule has 0 saturated heterocycles. The molecule has 0 spiro atoms. The molecule has 2 aromatic heterocycles. The molecule has 0 bridgehead atoms. The lowest BCUT2D eigenvalue weighted by Crippen LogP contribution is -2.29. The van der Waals surface area contributed by atoms with Crippen molar-refractivity contribution in [3.05, 3.63) is 141 Å². The molecule has 4 aromatic carbocycles. The summed E-state index contributed by atoms with van der Waals surface area (Å²) < 4.78 is 14.9. The number of primary amides is 1. The Hall–Kier alpha value is -6.99. The second kappa shape index (κ2) is 31.1. The Kier molecular flexibility index (Phi) is 26.2. The monoisotopic (exact) mass is 1000 g/mol. The average Bonchev–Trinajstić information content (AvgIpc) is 3.82. The summed E-state index contributed by atoms with van der Waals surface area (Å²) in [6, 6.07) is 27.3. The van der Waals surface area contributed by atoms with Crippen LogP contribution in [0, 0.1) is 13.8 Å². The standard InChI is InChI=1S/2C18H15ClN4O.C8H16N2O2.CH3Cl.CH3NO.CH5N.CH2O/c2*1-11-21-22-17-10-20-18(12-3-5-13(19)6-4-12)15-9-14(24-2)7-8-16(15)23(11)17;1-3-5-10-8(12)4-6-9-7(2)11;1-2;2-1-3;2*1-2/h2*3-9H,10H2,1-2H3;3-6H2,1-2H3,(H,9,11)(H,10,12);1H3;1H,(H2,2,3);2H2,1H3;1H2. The molecule has 8 rings (SSSR count). The highest BCUT2D eigenvalue weighted by Crippen LogP contribution is 2.31. The number of amides is 3. The maximum absolute atomic E-state index is 10.9. The maximum atomic E-state index is 10.9.